The lowest BCUT2D eigenvalue weighted by Crippen LogP contribution is -2.48. The van der Waals surface area contributed by atoms with E-state index in [4.69, 9.17) is 16.3 Å². The lowest BCUT2D eigenvalue weighted by atomic mass is 10.2. The van der Waals surface area contributed by atoms with Crippen LogP contribution in [0.5, 0.6) is 5.75 Å². The van der Waals surface area contributed by atoms with Gasteiger partial charge in [0.15, 0.2) is 6.10 Å². The molecule has 0 spiro atoms. The van der Waals surface area contributed by atoms with E-state index in [9.17, 15) is 13.2 Å². The maximum Gasteiger partial charge on any atom is 0.267 e. The Hall–Kier alpha value is -2.25. The number of carbonyl (C=O) groups excluding carboxylic acids is 1. The standard InChI is InChI=1S/C16H15ClN2O4S/c1-24(21,22)19-10-15(23-14-5-3-2-4-13(14)19)16(20)18-12-8-6-11(17)7-9-12/h2-9,15H,10H2,1H3,(H,18,20). The number of hydrogen-bond donors (Lipinski definition) is 1. The van der Waals surface area contributed by atoms with Crippen molar-refractivity contribution in [1.29, 1.82) is 0 Å². The molecule has 1 N–H and O–H groups in total. The van der Waals surface area contributed by atoms with Crippen molar-refractivity contribution in [3.05, 3.63) is 53.6 Å². The number of carbonyl (C=O) groups is 1. The van der Waals surface area contributed by atoms with Crippen molar-refractivity contribution in [2.24, 2.45) is 0 Å². The molecule has 1 aliphatic rings. The molecule has 0 saturated heterocycles. The van der Waals surface area contributed by atoms with E-state index in [-0.39, 0.29) is 6.54 Å². The fraction of sp³-hybridized carbons (Fsp3) is 0.188. The second-order valence-corrected chi connectivity index (χ2v) is 7.71. The number of benzene rings is 2. The predicted octanol–water partition coefficient (Wildman–Crippen LogP) is 2.51. The number of anilines is 2. The molecule has 1 unspecified atom stereocenters. The Balaban J connectivity index is 1.85. The van der Waals surface area contributed by atoms with Gasteiger partial charge >= 0.3 is 0 Å². The SMILES string of the molecule is CS(=O)(=O)N1CC(C(=O)Nc2ccc(Cl)cc2)Oc2ccccc21. The largest absolute Gasteiger partial charge is 0.476 e. The summed E-state index contributed by atoms with van der Waals surface area (Å²) < 4.78 is 30.9. The molecular formula is C16H15ClN2O4S. The van der Waals surface area contributed by atoms with Crippen molar-refractivity contribution in [2.75, 3.05) is 22.4 Å². The molecule has 0 aromatic heterocycles. The highest BCUT2D eigenvalue weighted by Crippen LogP contribution is 2.34. The van der Waals surface area contributed by atoms with E-state index in [0.29, 0.717) is 22.1 Å². The van der Waals surface area contributed by atoms with Gasteiger partial charge in [0.05, 0.1) is 18.5 Å². The first-order valence-electron chi connectivity index (χ1n) is 7.14. The highest BCUT2D eigenvalue weighted by molar-refractivity contribution is 7.92. The van der Waals surface area contributed by atoms with Crippen LogP contribution < -0.4 is 14.4 Å². The van der Waals surface area contributed by atoms with E-state index in [1.807, 2.05) is 0 Å². The average molecular weight is 367 g/mol. The van der Waals surface area contributed by atoms with Crippen LogP contribution in [-0.2, 0) is 14.8 Å². The van der Waals surface area contributed by atoms with Crippen molar-refractivity contribution >= 4 is 38.9 Å². The molecule has 2 aromatic rings. The van der Waals surface area contributed by atoms with E-state index >= 15 is 0 Å². The van der Waals surface area contributed by atoms with Crippen LogP contribution >= 0.6 is 11.6 Å². The molecule has 3 rings (SSSR count). The summed E-state index contributed by atoms with van der Waals surface area (Å²) in [5.41, 5.74) is 0.980. The zero-order valence-corrected chi connectivity index (χ0v) is 14.3. The number of hydrogen-bond acceptors (Lipinski definition) is 4. The number of rotatable bonds is 3. The monoisotopic (exact) mass is 366 g/mol. The van der Waals surface area contributed by atoms with E-state index in [1.165, 1.54) is 4.31 Å². The number of amides is 1. The molecule has 1 heterocycles. The van der Waals surface area contributed by atoms with Crippen LogP contribution in [0.3, 0.4) is 0 Å². The first-order valence-corrected chi connectivity index (χ1v) is 9.37. The van der Waals surface area contributed by atoms with Crippen molar-refractivity contribution in [2.45, 2.75) is 6.10 Å². The maximum atomic E-state index is 12.4. The highest BCUT2D eigenvalue weighted by Gasteiger charge is 2.34. The third-order valence-corrected chi connectivity index (χ3v) is 4.94. The minimum absolute atomic E-state index is 0.0880. The van der Waals surface area contributed by atoms with Crippen molar-refractivity contribution in [3.63, 3.8) is 0 Å². The maximum absolute atomic E-state index is 12.4. The molecule has 1 atom stereocenters. The van der Waals surface area contributed by atoms with Gasteiger partial charge < -0.3 is 10.1 Å². The molecule has 0 aliphatic carbocycles. The number of sulfonamides is 1. The Kier molecular flexibility index (Phi) is 4.38. The summed E-state index contributed by atoms with van der Waals surface area (Å²) in [5.74, 6) is -0.0779. The fourth-order valence-electron chi connectivity index (χ4n) is 2.41. The second-order valence-electron chi connectivity index (χ2n) is 5.36. The van der Waals surface area contributed by atoms with E-state index in [1.54, 1.807) is 48.5 Å². The Morgan fingerprint density at radius 1 is 1.21 bits per heavy atom. The van der Waals surface area contributed by atoms with Gasteiger partial charge in [-0.25, -0.2) is 8.42 Å². The number of nitrogens with zero attached hydrogens (tertiary/aromatic N) is 1. The molecule has 8 heteroatoms. The van der Waals surface area contributed by atoms with Crippen LogP contribution in [0.2, 0.25) is 5.02 Å². The van der Waals surface area contributed by atoms with Gasteiger partial charge in [0.2, 0.25) is 10.0 Å². The molecule has 1 amide bonds. The summed E-state index contributed by atoms with van der Waals surface area (Å²) >= 11 is 5.81. The Bertz CT molecular complexity index is 868. The van der Waals surface area contributed by atoms with Gasteiger partial charge in [-0.1, -0.05) is 23.7 Å². The summed E-state index contributed by atoms with van der Waals surface area (Å²) in [7, 11) is -3.53. The third kappa shape index (κ3) is 3.47. The van der Waals surface area contributed by atoms with Gasteiger partial charge in [0.25, 0.3) is 5.91 Å². The van der Waals surface area contributed by atoms with Crippen LogP contribution in [-0.4, -0.2) is 33.2 Å². The normalized spacial score (nSPS) is 16.9. The zero-order valence-electron chi connectivity index (χ0n) is 12.8. The van der Waals surface area contributed by atoms with E-state index in [0.717, 1.165) is 6.26 Å². The van der Waals surface area contributed by atoms with Gasteiger partial charge in [-0.05, 0) is 36.4 Å². The molecular weight excluding hydrogens is 352 g/mol. The first-order chi connectivity index (χ1) is 11.3. The topological polar surface area (TPSA) is 75.7 Å². The predicted molar refractivity (Wildman–Crippen MR) is 93.1 cm³/mol. The molecule has 0 fully saturated rings. The molecule has 0 bridgehead atoms. The Morgan fingerprint density at radius 3 is 2.54 bits per heavy atom. The summed E-state index contributed by atoms with van der Waals surface area (Å²) in [6, 6.07) is 13.3. The molecule has 6 nitrogen and oxygen atoms in total. The zero-order chi connectivity index (χ0) is 17.3. The van der Waals surface area contributed by atoms with Gasteiger partial charge in [-0.3, -0.25) is 9.10 Å². The van der Waals surface area contributed by atoms with Crippen LogP contribution in [0, 0.1) is 0 Å². The molecule has 126 valence electrons. The number of para-hydroxylation sites is 2. The summed E-state index contributed by atoms with van der Waals surface area (Å²) in [6.07, 6.45) is 0.147. The number of nitrogens with one attached hydrogen (secondary N) is 1. The number of fused-ring (bicyclic) bond motifs is 1. The average Bonchev–Trinajstić information content (AvgIpc) is 2.55. The van der Waals surface area contributed by atoms with Gasteiger partial charge in [0.1, 0.15) is 5.75 Å². The van der Waals surface area contributed by atoms with Crippen LogP contribution in [0.15, 0.2) is 48.5 Å². The lowest BCUT2D eigenvalue weighted by Gasteiger charge is -2.33. The summed E-state index contributed by atoms with van der Waals surface area (Å²) in [6.45, 7) is -0.0880. The highest BCUT2D eigenvalue weighted by atomic mass is 35.5. The molecule has 0 radical (unpaired) electrons. The summed E-state index contributed by atoms with van der Waals surface area (Å²) in [5, 5.41) is 3.25. The minimum Gasteiger partial charge on any atom is -0.476 e. The van der Waals surface area contributed by atoms with Gasteiger partial charge in [-0.2, -0.15) is 0 Å². The quantitative estimate of drug-likeness (QED) is 0.905. The van der Waals surface area contributed by atoms with Crippen LogP contribution in [0.4, 0.5) is 11.4 Å². The molecule has 24 heavy (non-hydrogen) atoms. The minimum atomic E-state index is -3.53. The van der Waals surface area contributed by atoms with Gasteiger partial charge in [-0.15, -0.1) is 0 Å². The van der Waals surface area contributed by atoms with Crippen molar-refractivity contribution in [1.82, 2.24) is 0 Å². The molecule has 1 aliphatic heterocycles. The summed E-state index contributed by atoms with van der Waals surface area (Å²) in [4.78, 5) is 12.4. The first kappa shape index (κ1) is 16.6. The Morgan fingerprint density at radius 2 is 1.88 bits per heavy atom. The Labute approximate surface area is 145 Å². The molecule has 0 saturated carbocycles. The number of halogens is 1. The number of ether oxygens (including phenoxy) is 1. The van der Waals surface area contributed by atoms with Crippen LogP contribution in [0.1, 0.15) is 0 Å². The van der Waals surface area contributed by atoms with Gasteiger partial charge in [0, 0.05) is 10.7 Å². The van der Waals surface area contributed by atoms with E-state index in [2.05, 4.69) is 5.32 Å². The smallest absolute Gasteiger partial charge is 0.267 e. The van der Waals surface area contributed by atoms with Crippen molar-refractivity contribution in [3.8, 4) is 5.75 Å². The fourth-order valence-corrected chi connectivity index (χ4v) is 3.45. The van der Waals surface area contributed by atoms with E-state index < -0.39 is 22.0 Å². The third-order valence-electron chi connectivity index (χ3n) is 3.54. The second kappa shape index (κ2) is 6.33. The van der Waals surface area contributed by atoms with Crippen LogP contribution in [0.25, 0.3) is 0 Å². The van der Waals surface area contributed by atoms with Crippen molar-refractivity contribution < 1.29 is 17.9 Å². The molecule has 2 aromatic carbocycles. The lowest BCUT2D eigenvalue weighted by molar-refractivity contribution is -0.122.